The molecule has 0 bridgehead atoms. The van der Waals surface area contributed by atoms with Gasteiger partial charge in [0.2, 0.25) is 0 Å². The number of benzene rings is 1. The zero-order valence-electron chi connectivity index (χ0n) is 10.6. The van der Waals surface area contributed by atoms with Crippen LogP contribution in [0.1, 0.15) is 32.3 Å². The van der Waals surface area contributed by atoms with Crippen molar-refractivity contribution >= 4 is 5.69 Å². The molecular formula is C14H21FN2. The molecule has 0 saturated heterocycles. The number of anilines is 1. The third kappa shape index (κ3) is 2.44. The molecule has 1 aliphatic heterocycles. The van der Waals surface area contributed by atoms with Crippen LogP contribution in [0.4, 0.5) is 10.1 Å². The van der Waals surface area contributed by atoms with Crippen molar-refractivity contribution in [2.24, 2.45) is 5.73 Å². The van der Waals surface area contributed by atoms with E-state index in [4.69, 9.17) is 5.73 Å². The van der Waals surface area contributed by atoms with Crippen molar-refractivity contribution in [3.63, 3.8) is 0 Å². The van der Waals surface area contributed by atoms with Crippen LogP contribution in [0.2, 0.25) is 0 Å². The Labute approximate surface area is 103 Å². The van der Waals surface area contributed by atoms with E-state index in [1.165, 1.54) is 5.69 Å². The first-order valence-corrected chi connectivity index (χ1v) is 6.40. The highest BCUT2D eigenvalue weighted by Gasteiger charge is 2.30. The maximum absolute atomic E-state index is 13.2. The molecule has 1 heterocycles. The number of halogens is 1. The Kier molecular flexibility index (Phi) is 3.67. The SMILES string of the molecule is CC(C)N1c2ccc(F)cc2CC1CCCN. The fourth-order valence-electron chi connectivity index (χ4n) is 2.81. The zero-order chi connectivity index (χ0) is 12.4. The van der Waals surface area contributed by atoms with Crippen LogP contribution < -0.4 is 10.6 Å². The van der Waals surface area contributed by atoms with Crippen molar-refractivity contribution < 1.29 is 4.39 Å². The summed E-state index contributed by atoms with van der Waals surface area (Å²) in [6.07, 6.45) is 3.07. The predicted molar refractivity (Wildman–Crippen MR) is 69.8 cm³/mol. The van der Waals surface area contributed by atoms with Crippen LogP contribution in [0.25, 0.3) is 0 Å². The summed E-state index contributed by atoms with van der Waals surface area (Å²) >= 11 is 0. The lowest BCUT2D eigenvalue weighted by Crippen LogP contribution is -2.38. The molecule has 1 atom stereocenters. The molecule has 1 aromatic rings. The van der Waals surface area contributed by atoms with Gasteiger partial charge in [0.05, 0.1) is 0 Å². The second-order valence-corrected chi connectivity index (χ2v) is 5.06. The second kappa shape index (κ2) is 5.05. The third-order valence-corrected chi connectivity index (χ3v) is 3.47. The molecule has 2 N–H and O–H groups in total. The summed E-state index contributed by atoms with van der Waals surface area (Å²) in [6, 6.07) is 6.07. The number of nitrogens with zero attached hydrogens (tertiary/aromatic N) is 1. The number of hydrogen-bond acceptors (Lipinski definition) is 2. The van der Waals surface area contributed by atoms with Gasteiger partial charge in [-0.15, -0.1) is 0 Å². The highest BCUT2D eigenvalue weighted by molar-refractivity contribution is 5.60. The quantitative estimate of drug-likeness (QED) is 0.871. The van der Waals surface area contributed by atoms with Gasteiger partial charge in [-0.25, -0.2) is 4.39 Å². The molecule has 94 valence electrons. The van der Waals surface area contributed by atoms with Gasteiger partial charge < -0.3 is 10.6 Å². The van der Waals surface area contributed by atoms with Gasteiger partial charge in [-0.3, -0.25) is 0 Å². The molecule has 1 aliphatic rings. The van der Waals surface area contributed by atoms with Gasteiger partial charge in [-0.1, -0.05) is 0 Å². The Morgan fingerprint density at radius 3 is 2.88 bits per heavy atom. The van der Waals surface area contributed by atoms with Crippen LogP contribution in [-0.4, -0.2) is 18.6 Å². The molecule has 1 unspecified atom stereocenters. The first kappa shape index (κ1) is 12.4. The van der Waals surface area contributed by atoms with E-state index in [2.05, 4.69) is 18.7 Å². The highest BCUT2D eigenvalue weighted by Crippen LogP contribution is 2.35. The predicted octanol–water partition coefficient (Wildman–Crippen LogP) is 2.70. The van der Waals surface area contributed by atoms with Gasteiger partial charge in [0, 0.05) is 17.8 Å². The van der Waals surface area contributed by atoms with Crippen LogP contribution >= 0.6 is 0 Å². The van der Waals surface area contributed by atoms with E-state index in [1.54, 1.807) is 12.1 Å². The summed E-state index contributed by atoms with van der Waals surface area (Å²) in [6.45, 7) is 5.11. The molecule has 0 radical (unpaired) electrons. The smallest absolute Gasteiger partial charge is 0.123 e. The summed E-state index contributed by atoms with van der Waals surface area (Å²) in [5.41, 5.74) is 7.92. The summed E-state index contributed by atoms with van der Waals surface area (Å²) in [5, 5.41) is 0. The molecule has 0 fully saturated rings. The van der Waals surface area contributed by atoms with Gasteiger partial charge in [0.1, 0.15) is 5.82 Å². The molecule has 2 nitrogen and oxygen atoms in total. The molecule has 1 aromatic carbocycles. The number of hydrogen-bond donors (Lipinski definition) is 1. The minimum Gasteiger partial charge on any atom is -0.366 e. The lowest BCUT2D eigenvalue weighted by molar-refractivity contribution is 0.522. The standard InChI is InChI=1S/C14H21FN2/c1-10(2)17-13(4-3-7-16)9-11-8-12(15)5-6-14(11)17/h5-6,8,10,13H,3-4,7,9,16H2,1-2H3. The number of rotatable bonds is 4. The summed E-state index contributed by atoms with van der Waals surface area (Å²) in [4.78, 5) is 2.41. The van der Waals surface area contributed by atoms with E-state index < -0.39 is 0 Å². The van der Waals surface area contributed by atoms with Gasteiger partial charge in [-0.05, 0) is 63.4 Å². The first-order valence-electron chi connectivity index (χ1n) is 6.40. The number of fused-ring (bicyclic) bond motifs is 1. The van der Waals surface area contributed by atoms with E-state index in [0.29, 0.717) is 12.1 Å². The molecule has 2 rings (SSSR count). The van der Waals surface area contributed by atoms with Gasteiger partial charge in [-0.2, -0.15) is 0 Å². The van der Waals surface area contributed by atoms with E-state index >= 15 is 0 Å². The Hall–Kier alpha value is -1.09. The molecule has 3 heteroatoms. The van der Waals surface area contributed by atoms with E-state index in [0.717, 1.165) is 31.4 Å². The summed E-state index contributed by atoms with van der Waals surface area (Å²) in [5.74, 6) is -0.132. The lowest BCUT2D eigenvalue weighted by atomic mass is 10.1. The Bertz CT molecular complexity index is 390. The van der Waals surface area contributed by atoms with Gasteiger partial charge >= 0.3 is 0 Å². The van der Waals surface area contributed by atoms with Crippen LogP contribution in [0, 0.1) is 5.82 Å². The molecule has 17 heavy (non-hydrogen) atoms. The van der Waals surface area contributed by atoms with Crippen molar-refractivity contribution in [2.75, 3.05) is 11.4 Å². The molecule has 0 aliphatic carbocycles. The van der Waals surface area contributed by atoms with Crippen molar-refractivity contribution in [1.82, 2.24) is 0 Å². The second-order valence-electron chi connectivity index (χ2n) is 5.06. The minimum absolute atomic E-state index is 0.132. The minimum atomic E-state index is -0.132. The Balaban J connectivity index is 2.24. The van der Waals surface area contributed by atoms with Crippen LogP contribution in [0.3, 0.4) is 0 Å². The average Bonchev–Trinajstić information content (AvgIpc) is 2.63. The largest absolute Gasteiger partial charge is 0.366 e. The van der Waals surface area contributed by atoms with E-state index in [1.807, 2.05) is 6.07 Å². The first-order chi connectivity index (χ1) is 8.13. The maximum atomic E-state index is 13.2. The van der Waals surface area contributed by atoms with Crippen molar-refractivity contribution in [1.29, 1.82) is 0 Å². The van der Waals surface area contributed by atoms with Crippen LogP contribution in [0.5, 0.6) is 0 Å². The molecule has 0 amide bonds. The third-order valence-electron chi connectivity index (χ3n) is 3.47. The van der Waals surface area contributed by atoms with Gasteiger partial charge in [0.15, 0.2) is 0 Å². The van der Waals surface area contributed by atoms with Crippen LogP contribution in [0.15, 0.2) is 18.2 Å². The van der Waals surface area contributed by atoms with Crippen molar-refractivity contribution in [2.45, 2.75) is 45.2 Å². The lowest BCUT2D eigenvalue weighted by Gasteiger charge is -2.31. The summed E-state index contributed by atoms with van der Waals surface area (Å²) in [7, 11) is 0. The molecule has 0 saturated carbocycles. The molecule has 0 aromatic heterocycles. The molecular weight excluding hydrogens is 215 g/mol. The van der Waals surface area contributed by atoms with E-state index in [-0.39, 0.29) is 5.82 Å². The fourth-order valence-corrected chi connectivity index (χ4v) is 2.81. The van der Waals surface area contributed by atoms with Crippen LogP contribution in [-0.2, 0) is 6.42 Å². The van der Waals surface area contributed by atoms with E-state index in [9.17, 15) is 4.39 Å². The maximum Gasteiger partial charge on any atom is 0.123 e. The highest BCUT2D eigenvalue weighted by atomic mass is 19.1. The Morgan fingerprint density at radius 1 is 1.47 bits per heavy atom. The van der Waals surface area contributed by atoms with Gasteiger partial charge in [0.25, 0.3) is 0 Å². The number of nitrogens with two attached hydrogens (primary N) is 1. The normalized spacial score (nSPS) is 18.9. The van der Waals surface area contributed by atoms with Crippen molar-refractivity contribution in [3.8, 4) is 0 Å². The fraction of sp³-hybridized carbons (Fsp3) is 0.571. The topological polar surface area (TPSA) is 29.3 Å². The summed E-state index contributed by atoms with van der Waals surface area (Å²) < 4.78 is 13.2. The monoisotopic (exact) mass is 236 g/mol. The van der Waals surface area contributed by atoms with Crippen molar-refractivity contribution in [3.05, 3.63) is 29.6 Å². The zero-order valence-corrected chi connectivity index (χ0v) is 10.6. The Morgan fingerprint density at radius 2 is 2.24 bits per heavy atom. The average molecular weight is 236 g/mol. The molecule has 0 spiro atoms.